The van der Waals surface area contributed by atoms with E-state index in [4.69, 9.17) is 0 Å². The Bertz CT molecular complexity index is 33.6. The highest BCUT2D eigenvalue weighted by Gasteiger charge is 1.58. The van der Waals surface area contributed by atoms with E-state index in [-0.39, 0.29) is 0 Å². The Labute approximate surface area is 72.2 Å². The second-order valence-electron chi connectivity index (χ2n) is 2.55. The van der Waals surface area contributed by atoms with E-state index in [1.54, 1.807) is 0 Å². The largest absolute Gasteiger partial charge is 0.323 e. The highest BCUT2D eigenvalue weighted by atomic mass is 15.0. The standard InChI is InChI=1S/2C3H9N.C2H7N/c1-4(2)3;1-3-4-2;1-3-2/h1-3H3;4H,3H2,1-2H3;3H,1-2H3. The van der Waals surface area contributed by atoms with Crippen molar-refractivity contribution in [2.45, 2.75) is 6.92 Å². The van der Waals surface area contributed by atoms with Crippen LogP contribution >= 0.6 is 0 Å². The SMILES string of the molecule is CCNC.CN(C)C.CNC. The smallest absolute Gasteiger partial charge is 0.00804 e. The van der Waals surface area contributed by atoms with Gasteiger partial charge in [0.15, 0.2) is 0 Å². The molecule has 0 bridgehead atoms. The van der Waals surface area contributed by atoms with Crippen LogP contribution in [0.15, 0.2) is 0 Å². The van der Waals surface area contributed by atoms with Gasteiger partial charge in [0.2, 0.25) is 0 Å². The molecule has 3 heteroatoms. The van der Waals surface area contributed by atoms with Gasteiger partial charge in [0.1, 0.15) is 0 Å². The second kappa shape index (κ2) is 22.5. The molecule has 0 spiro atoms. The van der Waals surface area contributed by atoms with Crippen molar-refractivity contribution in [3.05, 3.63) is 0 Å². The van der Waals surface area contributed by atoms with Gasteiger partial charge in [-0.3, -0.25) is 0 Å². The summed E-state index contributed by atoms with van der Waals surface area (Å²) in [6.07, 6.45) is 0. The summed E-state index contributed by atoms with van der Waals surface area (Å²) >= 11 is 0. The molecule has 0 atom stereocenters. The number of hydrogen-bond donors (Lipinski definition) is 2. The van der Waals surface area contributed by atoms with Crippen molar-refractivity contribution in [3.63, 3.8) is 0 Å². The lowest BCUT2D eigenvalue weighted by molar-refractivity contribution is 0.505. The van der Waals surface area contributed by atoms with Gasteiger partial charge in [-0.1, -0.05) is 6.92 Å². The maximum atomic E-state index is 2.93. The number of hydrogen-bond acceptors (Lipinski definition) is 3. The summed E-state index contributed by atoms with van der Waals surface area (Å²) in [5.41, 5.74) is 0. The van der Waals surface area contributed by atoms with E-state index in [0.29, 0.717) is 0 Å². The van der Waals surface area contributed by atoms with Crippen molar-refractivity contribution < 1.29 is 0 Å². The average Bonchev–Trinajstić information content (AvgIpc) is 1.88. The van der Waals surface area contributed by atoms with Gasteiger partial charge >= 0.3 is 0 Å². The summed E-state index contributed by atoms with van der Waals surface area (Å²) in [6.45, 7) is 3.14. The number of nitrogens with zero attached hydrogens (tertiary/aromatic N) is 1. The normalized spacial score (nSPS) is 7.64. The summed E-state index contributed by atoms with van der Waals surface area (Å²) in [5, 5.41) is 5.68. The summed E-state index contributed by atoms with van der Waals surface area (Å²) in [5.74, 6) is 0. The molecule has 0 saturated heterocycles. The predicted molar refractivity (Wildman–Crippen MR) is 54.2 cm³/mol. The number of rotatable bonds is 1. The molecule has 0 unspecified atom stereocenters. The molecule has 2 N–H and O–H groups in total. The van der Waals surface area contributed by atoms with Crippen LogP contribution in [0.4, 0.5) is 0 Å². The lowest BCUT2D eigenvalue weighted by Gasteiger charge is -1.90. The first-order valence-corrected chi connectivity index (χ1v) is 3.90. The molecule has 0 radical (unpaired) electrons. The molecule has 3 nitrogen and oxygen atoms in total. The van der Waals surface area contributed by atoms with E-state index in [2.05, 4.69) is 17.6 Å². The van der Waals surface area contributed by atoms with E-state index in [1.807, 2.05) is 47.2 Å². The van der Waals surface area contributed by atoms with Gasteiger partial charge in [0.05, 0.1) is 0 Å². The Morgan fingerprint density at radius 3 is 1.09 bits per heavy atom. The Kier molecular flexibility index (Phi) is 35.0. The Hall–Kier alpha value is -0.120. The van der Waals surface area contributed by atoms with Gasteiger partial charge in [-0.15, -0.1) is 0 Å². The molecule has 0 aliphatic carbocycles. The molecule has 0 saturated carbocycles. The predicted octanol–water partition coefficient (Wildman–Crippen LogP) is 0.239. The molecule has 0 heterocycles. The van der Waals surface area contributed by atoms with Gasteiger partial charge in [-0.05, 0) is 48.8 Å². The zero-order valence-corrected chi connectivity index (χ0v) is 9.15. The van der Waals surface area contributed by atoms with Gasteiger partial charge in [-0.2, -0.15) is 0 Å². The minimum atomic E-state index is 1.07. The third-order valence-corrected chi connectivity index (χ3v) is 0.354. The topological polar surface area (TPSA) is 27.3 Å². The molecule has 0 fully saturated rings. The third-order valence-electron chi connectivity index (χ3n) is 0.354. The molecular formula is C8H25N3. The lowest BCUT2D eigenvalue weighted by atomic mass is 10.8. The van der Waals surface area contributed by atoms with Crippen molar-refractivity contribution in [1.29, 1.82) is 0 Å². The van der Waals surface area contributed by atoms with Crippen LogP contribution in [0.5, 0.6) is 0 Å². The van der Waals surface area contributed by atoms with Crippen LogP contribution < -0.4 is 10.6 Å². The summed E-state index contributed by atoms with van der Waals surface area (Å²) < 4.78 is 0. The number of nitrogens with one attached hydrogen (secondary N) is 2. The van der Waals surface area contributed by atoms with Crippen LogP contribution in [-0.2, 0) is 0 Å². The van der Waals surface area contributed by atoms with Gasteiger partial charge in [-0.25, -0.2) is 0 Å². The van der Waals surface area contributed by atoms with Crippen molar-refractivity contribution in [2.75, 3.05) is 48.8 Å². The van der Waals surface area contributed by atoms with Crippen LogP contribution in [0.1, 0.15) is 6.92 Å². The monoisotopic (exact) mass is 163 g/mol. The van der Waals surface area contributed by atoms with E-state index >= 15 is 0 Å². The maximum absolute atomic E-state index is 2.93. The van der Waals surface area contributed by atoms with Gasteiger partial charge in [0.25, 0.3) is 0 Å². The van der Waals surface area contributed by atoms with E-state index in [9.17, 15) is 0 Å². The van der Waals surface area contributed by atoms with Crippen molar-refractivity contribution in [2.24, 2.45) is 0 Å². The summed E-state index contributed by atoms with van der Waals surface area (Å²) in [4.78, 5) is 2.00. The molecule has 0 aromatic heterocycles. The van der Waals surface area contributed by atoms with Crippen LogP contribution in [0, 0.1) is 0 Å². The molecule has 0 rings (SSSR count). The zero-order chi connectivity index (χ0) is 9.70. The van der Waals surface area contributed by atoms with Crippen molar-refractivity contribution in [1.82, 2.24) is 15.5 Å². The first-order valence-electron chi connectivity index (χ1n) is 3.90. The molecule has 0 aromatic carbocycles. The fourth-order valence-corrected chi connectivity index (χ4v) is 0. The Morgan fingerprint density at radius 1 is 1.00 bits per heavy atom. The molecule has 0 aromatic rings. The lowest BCUT2D eigenvalue weighted by Crippen LogP contribution is -2.01. The van der Waals surface area contributed by atoms with Crippen LogP contribution in [0.25, 0.3) is 0 Å². The van der Waals surface area contributed by atoms with Gasteiger partial charge in [0, 0.05) is 0 Å². The van der Waals surface area contributed by atoms with Crippen LogP contribution in [0.3, 0.4) is 0 Å². The summed E-state index contributed by atoms with van der Waals surface area (Å²) in [6, 6.07) is 0. The first-order chi connectivity index (χ1) is 5.06. The quantitative estimate of drug-likeness (QED) is 0.580. The van der Waals surface area contributed by atoms with Crippen LogP contribution in [-0.4, -0.2) is 53.7 Å². The van der Waals surface area contributed by atoms with E-state index in [0.717, 1.165) is 6.54 Å². The zero-order valence-electron chi connectivity index (χ0n) is 9.15. The highest BCUT2D eigenvalue weighted by molar-refractivity contribution is 4.15. The maximum Gasteiger partial charge on any atom is -0.00804 e. The average molecular weight is 163 g/mol. The van der Waals surface area contributed by atoms with Crippen molar-refractivity contribution >= 4 is 0 Å². The fraction of sp³-hybridized carbons (Fsp3) is 1.00. The van der Waals surface area contributed by atoms with Crippen LogP contribution in [0.2, 0.25) is 0 Å². The fourth-order valence-electron chi connectivity index (χ4n) is 0. The van der Waals surface area contributed by atoms with E-state index in [1.165, 1.54) is 0 Å². The van der Waals surface area contributed by atoms with Gasteiger partial charge < -0.3 is 15.5 Å². The molecule has 0 amide bonds. The summed E-state index contributed by atoms with van der Waals surface area (Å²) in [7, 11) is 11.7. The minimum Gasteiger partial charge on any atom is -0.323 e. The molecule has 72 valence electrons. The molecule has 0 aliphatic heterocycles. The third kappa shape index (κ3) is 792. The Balaban J connectivity index is -0.0000000886. The molecule has 0 aliphatic rings. The minimum absolute atomic E-state index is 1.07. The first kappa shape index (κ1) is 17.1. The van der Waals surface area contributed by atoms with Crippen molar-refractivity contribution in [3.8, 4) is 0 Å². The van der Waals surface area contributed by atoms with E-state index < -0.39 is 0 Å². The molecule has 11 heavy (non-hydrogen) atoms. The highest BCUT2D eigenvalue weighted by Crippen LogP contribution is 1.47. The second-order valence-corrected chi connectivity index (χ2v) is 2.55. The molecular weight excluding hydrogens is 138 g/mol. The Morgan fingerprint density at radius 2 is 1.09 bits per heavy atom.